The number of anilines is 1. The van der Waals surface area contributed by atoms with Gasteiger partial charge in [-0.05, 0) is 42.3 Å². The molecule has 3 heterocycles. The molecule has 9 heteroatoms. The van der Waals surface area contributed by atoms with Gasteiger partial charge in [0.25, 0.3) is 10.0 Å². The van der Waals surface area contributed by atoms with E-state index in [-0.39, 0.29) is 6.54 Å². The van der Waals surface area contributed by atoms with E-state index in [1.807, 2.05) is 25.1 Å². The van der Waals surface area contributed by atoms with Crippen molar-refractivity contribution in [2.45, 2.75) is 17.6 Å². The molecule has 0 N–H and O–H groups in total. The largest absolute Gasteiger partial charge is 0.489 e. The molecule has 0 fully saturated rings. The summed E-state index contributed by atoms with van der Waals surface area (Å²) in [6.07, 6.45) is 2.43. The summed E-state index contributed by atoms with van der Waals surface area (Å²) in [6.45, 7) is 2.56. The molecule has 1 aliphatic rings. The van der Waals surface area contributed by atoms with Crippen LogP contribution in [0.2, 0.25) is 0 Å². The highest BCUT2D eigenvalue weighted by atomic mass is 32.2. The fraction of sp³-hybridized carbons (Fsp3) is 0.222. The third-order valence-corrected chi connectivity index (χ3v) is 8.66. The van der Waals surface area contributed by atoms with Crippen LogP contribution in [0.5, 0.6) is 5.75 Å². The number of nitriles is 1. The van der Waals surface area contributed by atoms with Gasteiger partial charge in [0.05, 0.1) is 17.1 Å². The quantitative estimate of drug-likeness (QED) is 0.643. The number of nitrogens with zero attached hydrogens (tertiary/aromatic N) is 3. The van der Waals surface area contributed by atoms with Crippen molar-refractivity contribution in [3.63, 3.8) is 0 Å². The van der Waals surface area contributed by atoms with E-state index < -0.39 is 10.0 Å². The fourth-order valence-electron chi connectivity index (χ4n) is 2.85. The van der Waals surface area contributed by atoms with Crippen LogP contribution >= 0.6 is 22.7 Å². The summed E-state index contributed by atoms with van der Waals surface area (Å²) in [5.41, 5.74) is 1.32. The molecule has 0 spiro atoms. The lowest BCUT2D eigenvalue weighted by atomic mass is 10.1. The lowest BCUT2D eigenvalue weighted by Crippen LogP contribution is -2.37. The van der Waals surface area contributed by atoms with Gasteiger partial charge < -0.3 is 4.74 Å². The third-order valence-electron chi connectivity index (χ3n) is 4.20. The summed E-state index contributed by atoms with van der Waals surface area (Å²) in [7, 11) is -3.66. The molecule has 0 aliphatic carbocycles. The van der Waals surface area contributed by atoms with E-state index in [0.717, 1.165) is 21.7 Å². The van der Waals surface area contributed by atoms with E-state index in [1.165, 1.54) is 27.0 Å². The number of hydrogen-bond donors (Lipinski definition) is 0. The molecule has 2 aromatic heterocycles. The second-order valence-corrected chi connectivity index (χ2v) is 10.1. The minimum absolute atomic E-state index is 0.254. The molecule has 1 aliphatic heterocycles. The van der Waals surface area contributed by atoms with Crippen molar-refractivity contribution in [1.82, 2.24) is 4.98 Å². The zero-order valence-electron chi connectivity index (χ0n) is 14.4. The van der Waals surface area contributed by atoms with E-state index in [1.54, 1.807) is 24.4 Å². The van der Waals surface area contributed by atoms with Crippen LogP contribution in [0.4, 0.5) is 5.69 Å². The van der Waals surface area contributed by atoms with Gasteiger partial charge in [0.15, 0.2) is 5.01 Å². The number of ether oxygens (including phenoxy) is 1. The number of aryl methyl sites for hydroxylation is 1. The molecule has 0 bridgehead atoms. The highest BCUT2D eigenvalue weighted by Crippen LogP contribution is 2.40. The Morgan fingerprint density at radius 2 is 2.15 bits per heavy atom. The third kappa shape index (κ3) is 3.20. The number of thiazole rings is 1. The van der Waals surface area contributed by atoms with E-state index in [2.05, 4.69) is 4.98 Å². The normalized spacial score (nSPS) is 13.7. The average Bonchev–Trinajstić information content (AvgIpc) is 3.36. The molecule has 0 unspecified atom stereocenters. The second kappa shape index (κ2) is 6.96. The van der Waals surface area contributed by atoms with Crippen molar-refractivity contribution in [3.8, 4) is 22.3 Å². The molecule has 0 amide bonds. The summed E-state index contributed by atoms with van der Waals surface area (Å²) >= 11 is 2.57. The van der Waals surface area contributed by atoms with Crippen molar-refractivity contribution < 1.29 is 13.2 Å². The van der Waals surface area contributed by atoms with Gasteiger partial charge >= 0.3 is 0 Å². The first-order chi connectivity index (χ1) is 13.0. The maximum atomic E-state index is 13.2. The van der Waals surface area contributed by atoms with Crippen LogP contribution in [0.25, 0.3) is 10.4 Å². The summed E-state index contributed by atoms with van der Waals surface area (Å²) < 4.78 is 33.8. The Morgan fingerprint density at radius 3 is 2.85 bits per heavy atom. The molecule has 0 atom stereocenters. The Kier molecular flexibility index (Phi) is 4.63. The number of benzene rings is 1. The fourth-order valence-corrected chi connectivity index (χ4v) is 6.42. The van der Waals surface area contributed by atoms with Crippen LogP contribution in [0.1, 0.15) is 16.8 Å². The van der Waals surface area contributed by atoms with Crippen LogP contribution in [-0.4, -0.2) is 26.6 Å². The minimum atomic E-state index is -3.66. The van der Waals surface area contributed by atoms with Crippen molar-refractivity contribution in [2.24, 2.45) is 0 Å². The lowest BCUT2D eigenvalue weighted by molar-refractivity contribution is 0.316. The molecule has 0 saturated heterocycles. The number of rotatable bonds is 4. The molecule has 27 heavy (non-hydrogen) atoms. The molecule has 4 rings (SSSR count). The second-order valence-electron chi connectivity index (χ2n) is 5.82. The predicted octanol–water partition coefficient (Wildman–Crippen LogP) is 3.89. The summed E-state index contributed by atoms with van der Waals surface area (Å²) in [5, 5.41) is 9.35. The topological polar surface area (TPSA) is 83.3 Å². The van der Waals surface area contributed by atoms with Gasteiger partial charge in [-0.3, -0.25) is 4.31 Å². The van der Waals surface area contributed by atoms with E-state index in [0.29, 0.717) is 27.3 Å². The number of fused-ring (bicyclic) bond motifs is 1. The molecular formula is C18H15N3O3S3. The zero-order chi connectivity index (χ0) is 19.0. The summed E-state index contributed by atoms with van der Waals surface area (Å²) in [6, 6.07) is 10.9. The standard InChI is InChI=1S/C18H15N3O3S3/c1-2-13-4-6-18(25-13)27(22,23)21-7-8-24-15-5-3-12(9-14(15)21)16-11-20-17(10-19)26-16/h3-6,9,11H,2,7-8H2,1H3. The number of hydrogen-bond acceptors (Lipinski definition) is 7. The van der Waals surface area contributed by atoms with Crippen LogP contribution in [0.15, 0.2) is 40.7 Å². The predicted molar refractivity (Wildman–Crippen MR) is 106 cm³/mol. The van der Waals surface area contributed by atoms with E-state index in [4.69, 9.17) is 10.00 Å². The van der Waals surface area contributed by atoms with E-state index in [9.17, 15) is 8.42 Å². The Labute approximate surface area is 165 Å². The molecular weight excluding hydrogens is 402 g/mol. The number of sulfonamides is 1. The van der Waals surface area contributed by atoms with Gasteiger partial charge in [-0.1, -0.05) is 6.92 Å². The first-order valence-corrected chi connectivity index (χ1v) is 11.3. The maximum absolute atomic E-state index is 13.2. The molecule has 3 aromatic rings. The first kappa shape index (κ1) is 18.0. The van der Waals surface area contributed by atoms with Crippen LogP contribution < -0.4 is 9.04 Å². The van der Waals surface area contributed by atoms with Gasteiger partial charge in [0, 0.05) is 11.1 Å². The smallest absolute Gasteiger partial charge is 0.274 e. The van der Waals surface area contributed by atoms with E-state index >= 15 is 0 Å². The molecule has 1 aromatic carbocycles. The Bertz CT molecular complexity index is 1140. The van der Waals surface area contributed by atoms with Crippen molar-refractivity contribution in [3.05, 3.63) is 46.4 Å². The lowest BCUT2D eigenvalue weighted by Gasteiger charge is -2.30. The SMILES string of the molecule is CCc1ccc(S(=O)(=O)N2CCOc3ccc(-c4cnc(C#N)s4)cc32)s1. The summed E-state index contributed by atoms with van der Waals surface area (Å²) in [5.74, 6) is 0.533. The zero-order valence-corrected chi connectivity index (χ0v) is 16.8. The van der Waals surface area contributed by atoms with Crippen LogP contribution in [-0.2, 0) is 16.4 Å². The summed E-state index contributed by atoms with van der Waals surface area (Å²) in [4.78, 5) is 5.89. The van der Waals surface area contributed by atoms with Gasteiger partial charge in [-0.2, -0.15) is 5.26 Å². The number of aromatic nitrogens is 1. The average molecular weight is 418 g/mol. The highest BCUT2D eigenvalue weighted by Gasteiger charge is 2.31. The van der Waals surface area contributed by atoms with Gasteiger partial charge in [-0.15, -0.1) is 22.7 Å². The van der Waals surface area contributed by atoms with Crippen LogP contribution in [0, 0.1) is 11.3 Å². The maximum Gasteiger partial charge on any atom is 0.274 e. The molecule has 138 valence electrons. The Morgan fingerprint density at radius 1 is 1.30 bits per heavy atom. The highest BCUT2D eigenvalue weighted by molar-refractivity contribution is 7.94. The molecule has 0 saturated carbocycles. The molecule has 6 nitrogen and oxygen atoms in total. The van der Waals surface area contributed by atoms with Crippen molar-refractivity contribution in [1.29, 1.82) is 5.26 Å². The van der Waals surface area contributed by atoms with Crippen molar-refractivity contribution >= 4 is 38.4 Å². The Balaban J connectivity index is 1.78. The number of thiophene rings is 1. The molecule has 0 radical (unpaired) electrons. The monoisotopic (exact) mass is 417 g/mol. The van der Waals surface area contributed by atoms with Gasteiger partial charge in [-0.25, -0.2) is 13.4 Å². The van der Waals surface area contributed by atoms with Gasteiger partial charge in [0.1, 0.15) is 22.6 Å². The first-order valence-electron chi connectivity index (χ1n) is 8.27. The van der Waals surface area contributed by atoms with Gasteiger partial charge in [0.2, 0.25) is 0 Å². The Hall–Kier alpha value is -2.41. The van der Waals surface area contributed by atoms with Crippen molar-refractivity contribution in [2.75, 3.05) is 17.5 Å². The van der Waals surface area contributed by atoms with Crippen LogP contribution in [0.3, 0.4) is 0 Å². The minimum Gasteiger partial charge on any atom is -0.489 e.